The molecular weight excluding hydrogens is 965 g/mol. The third kappa shape index (κ3) is 14.9. The number of hydrogen-bond donors (Lipinski definition) is 3. The Kier molecular flexibility index (Phi) is 21.7. The molecule has 0 aromatic heterocycles. The maximum atomic E-state index is 6.15. The van der Waals surface area contributed by atoms with Crippen LogP contribution in [-0.4, -0.2) is 13.6 Å². The molecule has 0 fully saturated rings. The summed E-state index contributed by atoms with van der Waals surface area (Å²) in [6.07, 6.45) is 21.0. The molecular formula is C52H31Cl2N3O4P2Ru+4. The molecule has 0 radical (unpaired) electrons. The fourth-order valence-corrected chi connectivity index (χ4v) is 8.24. The van der Waals surface area contributed by atoms with E-state index in [0.29, 0.717) is 34.4 Å². The van der Waals surface area contributed by atoms with Crippen LogP contribution in [-0.2, 0) is 15.1 Å². The molecule has 2 aliphatic heterocycles. The number of fused-ring (bicyclic) bond motifs is 2. The molecule has 0 aliphatic carbocycles. The van der Waals surface area contributed by atoms with Gasteiger partial charge in [-0.2, -0.15) is 0 Å². The Morgan fingerprint density at radius 3 is 1.12 bits per heavy atom. The molecule has 0 amide bonds. The van der Waals surface area contributed by atoms with Gasteiger partial charge in [0.05, 0.1) is 0 Å². The van der Waals surface area contributed by atoms with E-state index in [1.807, 2.05) is 72.8 Å². The molecule has 2 heterocycles. The molecule has 64 heavy (non-hydrogen) atoms. The molecule has 0 saturated heterocycles. The van der Waals surface area contributed by atoms with Gasteiger partial charge in [-0.15, -0.1) is 25.7 Å². The quantitative estimate of drug-likeness (QED) is 0.108. The summed E-state index contributed by atoms with van der Waals surface area (Å²) in [5, 5.41) is 4.95. The summed E-state index contributed by atoms with van der Waals surface area (Å²) in [5.74, 6) is 42.6. The van der Waals surface area contributed by atoms with Crippen LogP contribution >= 0.6 is 35.2 Å². The summed E-state index contributed by atoms with van der Waals surface area (Å²) in [7, 11) is 5.72. The molecule has 4 aromatic carbocycles. The first-order chi connectivity index (χ1) is 31.4. The zero-order chi connectivity index (χ0) is 45.8. The molecule has 0 bridgehead atoms. The van der Waals surface area contributed by atoms with Crippen molar-refractivity contribution in [2.75, 3.05) is 18.9 Å². The number of halogens is 2. The number of ether oxygens (including phenoxy) is 4. The van der Waals surface area contributed by atoms with Gasteiger partial charge in [0.25, 0.3) is 0 Å². The molecule has 0 saturated carbocycles. The third-order valence-corrected chi connectivity index (χ3v) is 11.6. The van der Waals surface area contributed by atoms with Crippen LogP contribution in [0.2, 0.25) is 0 Å². The van der Waals surface area contributed by atoms with Gasteiger partial charge >= 0.3 is 34.5 Å². The SMILES string of the molecule is C#CC#CC#C[PH+](C#CC#CC#C)c1ccc2c(c1Nc1c([PH+](C#CC#CC#C)C#CC#CC#C)ccc3c1OCO3)OCO2.NC(c1ccccc1)C(N)c1ccccc1.[Cl][Ru+2][Cl]. The molecule has 2 aliphatic rings. The molecule has 2 atom stereocenters. The maximum absolute atomic E-state index is 6.15. The first kappa shape index (κ1) is 49.2. The number of benzene rings is 4. The molecule has 7 nitrogen and oxygen atoms in total. The van der Waals surface area contributed by atoms with E-state index in [9.17, 15) is 0 Å². The number of nitrogens with two attached hydrogens (primary N) is 2. The van der Waals surface area contributed by atoms with Crippen molar-refractivity contribution in [2.45, 2.75) is 12.1 Å². The van der Waals surface area contributed by atoms with Crippen LogP contribution in [0.15, 0.2) is 84.9 Å². The van der Waals surface area contributed by atoms with E-state index in [-0.39, 0.29) is 40.8 Å². The molecule has 12 heteroatoms. The second-order valence-electron chi connectivity index (χ2n) is 11.8. The molecule has 0 spiro atoms. The third-order valence-electron chi connectivity index (χ3n) is 8.16. The standard InChI is InChI=1S/C38H13NO4P2.C14H16N2.2ClH.Ru/c1-5-9-13-17-25-44(26-18-14-10-6-2)33-23-21-31-37(42-29-40-31)35(33)39-36-34(24-22-32-38(36)43-30-41-32)45(27-19-15-11-7-3)28-20-16-12-8-4;15-13(11-7-3-1-4-8-11)14(16)12-9-5-2-6-10-12;;;/h1-4,21-24,39H,29-30H2;1-10,13-14H,15-16H2;2*1H;/q;;;;+4. The van der Waals surface area contributed by atoms with Crippen molar-refractivity contribution in [3.05, 3.63) is 96.1 Å². The molecule has 4 aromatic rings. The zero-order valence-electron chi connectivity index (χ0n) is 33.4. The Hall–Kier alpha value is -7.42. The minimum atomic E-state index is -2.00. The fraction of sp³-hybridized carbons (Fsp3) is 0.0769. The van der Waals surface area contributed by atoms with Gasteiger partial charge in [-0.1, -0.05) is 60.7 Å². The van der Waals surface area contributed by atoms with Gasteiger partial charge in [-0.25, -0.2) is 0 Å². The summed E-state index contributed by atoms with van der Waals surface area (Å²) >= 11 is -0.346. The van der Waals surface area contributed by atoms with Crippen molar-refractivity contribution in [1.82, 2.24) is 0 Å². The van der Waals surface area contributed by atoms with E-state index in [1.165, 1.54) is 0 Å². The Morgan fingerprint density at radius 1 is 0.484 bits per heavy atom. The average molecular weight is 996 g/mol. The Morgan fingerprint density at radius 2 is 0.812 bits per heavy atom. The second-order valence-corrected chi connectivity index (χ2v) is 18.0. The number of terminal acetylenes is 4. The van der Waals surface area contributed by atoms with Crippen molar-refractivity contribution in [3.63, 3.8) is 0 Å². The number of rotatable bonds is 7. The van der Waals surface area contributed by atoms with E-state index >= 15 is 0 Å². The minimum absolute atomic E-state index is 0.0151. The van der Waals surface area contributed by atoms with Crippen LogP contribution in [0.1, 0.15) is 23.2 Å². The molecule has 306 valence electrons. The Labute approximate surface area is 393 Å². The zero-order valence-corrected chi connectivity index (χ0v) is 38.6. The van der Waals surface area contributed by atoms with Crippen LogP contribution in [0.4, 0.5) is 11.4 Å². The molecule has 6 rings (SSSR count). The molecule has 2 unspecified atom stereocenters. The van der Waals surface area contributed by atoms with Gasteiger partial charge in [0.15, 0.2) is 38.8 Å². The summed E-state index contributed by atoms with van der Waals surface area (Å²) in [6, 6.07) is 26.9. The fourth-order valence-electron chi connectivity index (χ4n) is 5.48. The van der Waals surface area contributed by atoms with Gasteiger partial charge in [0.2, 0.25) is 13.6 Å². The topological polar surface area (TPSA) is 101 Å². The summed E-state index contributed by atoms with van der Waals surface area (Å²) < 4.78 is 23.2. The monoisotopic (exact) mass is 995 g/mol. The van der Waals surface area contributed by atoms with Crippen molar-refractivity contribution in [2.24, 2.45) is 11.5 Å². The summed E-state index contributed by atoms with van der Waals surface area (Å²) in [6.45, 7) is 0.0302. The first-order valence-electron chi connectivity index (χ1n) is 18.1. The van der Waals surface area contributed by atoms with E-state index in [0.717, 1.165) is 21.7 Å². The van der Waals surface area contributed by atoms with E-state index in [1.54, 1.807) is 12.1 Å². The predicted octanol–water partition coefficient (Wildman–Crippen LogP) is 6.72. The Bertz CT molecular complexity index is 2740. The van der Waals surface area contributed by atoms with Crippen molar-refractivity contribution in [1.29, 1.82) is 0 Å². The van der Waals surface area contributed by atoms with Crippen LogP contribution in [0.3, 0.4) is 0 Å². The Balaban J connectivity index is 0.000000390. The second kappa shape index (κ2) is 28.2. The van der Waals surface area contributed by atoms with Crippen LogP contribution < -0.4 is 46.3 Å². The van der Waals surface area contributed by atoms with Gasteiger partial charge in [0.1, 0.15) is 44.6 Å². The summed E-state index contributed by atoms with van der Waals surface area (Å²) in [4.78, 5) is 0. The van der Waals surface area contributed by atoms with Gasteiger partial charge in [0, 0.05) is 59.4 Å². The van der Waals surface area contributed by atoms with Gasteiger partial charge in [-0.05, 0) is 82.8 Å². The van der Waals surface area contributed by atoms with E-state index in [4.69, 9.17) is 75.5 Å². The van der Waals surface area contributed by atoms with E-state index < -0.39 is 15.8 Å². The number of hydrogen-bond acceptors (Lipinski definition) is 7. The van der Waals surface area contributed by atoms with Crippen LogP contribution in [0.25, 0.3) is 0 Å². The van der Waals surface area contributed by atoms with Crippen LogP contribution in [0.5, 0.6) is 23.0 Å². The van der Waals surface area contributed by atoms with E-state index in [2.05, 4.69) is 123 Å². The van der Waals surface area contributed by atoms with Crippen molar-refractivity contribution < 1.29 is 34.1 Å². The molecule has 5 N–H and O–H groups in total. The van der Waals surface area contributed by atoms with Crippen molar-refractivity contribution >= 4 is 57.2 Å². The average Bonchev–Trinajstić information content (AvgIpc) is 4.03. The van der Waals surface area contributed by atoms with Crippen LogP contribution in [0, 0.1) is 143 Å². The van der Waals surface area contributed by atoms with Gasteiger partial charge in [-0.3, -0.25) is 0 Å². The van der Waals surface area contributed by atoms with Crippen molar-refractivity contribution in [3.8, 4) is 166 Å². The number of anilines is 2. The first-order valence-corrected chi connectivity index (χ1v) is 25.6. The predicted molar refractivity (Wildman–Crippen MR) is 260 cm³/mol. The normalized spacial score (nSPS) is 10.7. The summed E-state index contributed by atoms with van der Waals surface area (Å²) in [5.41, 5.74) is 28.0. The van der Waals surface area contributed by atoms with Gasteiger partial charge < -0.3 is 35.7 Å². The number of nitrogens with one attached hydrogen (secondary N) is 1.